The Morgan fingerprint density at radius 1 is 1.69 bits per heavy atom. The van der Waals surface area contributed by atoms with Crippen LogP contribution in [-0.2, 0) is 4.79 Å². The molecule has 2 aromatic heterocycles. The summed E-state index contributed by atoms with van der Waals surface area (Å²) in [7, 11) is 0. The van der Waals surface area contributed by atoms with Crippen LogP contribution in [0.2, 0.25) is 0 Å². The number of thiophene rings is 1. The second kappa shape index (κ2) is 4.40. The van der Waals surface area contributed by atoms with Crippen LogP contribution in [0.25, 0.3) is 11.4 Å². The molecular formula is C9H9N4O2S-. The summed E-state index contributed by atoms with van der Waals surface area (Å²) in [6.45, 7) is 1.73. The minimum Gasteiger partial charge on any atom is -0.548 e. The molecule has 0 amide bonds. The van der Waals surface area contributed by atoms with E-state index in [0.29, 0.717) is 12.2 Å². The minimum atomic E-state index is -1.20. The quantitative estimate of drug-likeness (QED) is 0.753. The van der Waals surface area contributed by atoms with Crippen LogP contribution in [0.3, 0.4) is 0 Å². The second-order valence-electron chi connectivity index (χ2n) is 3.19. The van der Waals surface area contributed by atoms with Gasteiger partial charge in [0, 0.05) is 10.9 Å². The van der Waals surface area contributed by atoms with E-state index in [1.807, 2.05) is 16.8 Å². The molecule has 84 valence electrons. The summed E-state index contributed by atoms with van der Waals surface area (Å²) in [5.74, 6) is -0.766. The number of aliphatic carboxylic acids is 1. The first-order valence-corrected chi connectivity index (χ1v) is 5.69. The smallest absolute Gasteiger partial charge is 0.205 e. The maximum Gasteiger partial charge on any atom is 0.205 e. The largest absolute Gasteiger partial charge is 0.548 e. The van der Waals surface area contributed by atoms with Crippen molar-refractivity contribution < 1.29 is 9.90 Å². The molecule has 0 saturated heterocycles. The van der Waals surface area contributed by atoms with E-state index in [-0.39, 0.29) is 0 Å². The molecule has 0 aliphatic rings. The minimum absolute atomic E-state index is 0.363. The highest BCUT2D eigenvalue weighted by Gasteiger charge is 2.14. The van der Waals surface area contributed by atoms with Crippen LogP contribution < -0.4 is 5.11 Å². The third-order valence-electron chi connectivity index (χ3n) is 2.15. The molecule has 0 aliphatic heterocycles. The van der Waals surface area contributed by atoms with Gasteiger partial charge in [0.05, 0.1) is 5.97 Å². The lowest BCUT2D eigenvalue weighted by atomic mass is 10.2. The molecular weight excluding hydrogens is 228 g/mol. The van der Waals surface area contributed by atoms with Crippen LogP contribution in [0, 0.1) is 0 Å². The van der Waals surface area contributed by atoms with Gasteiger partial charge in [-0.15, -0.1) is 10.2 Å². The SMILES string of the molecule is CC[C@@H](C(=O)[O-])n1nnc(-c2ccsc2)n1. The third kappa shape index (κ3) is 1.94. The fourth-order valence-corrected chi connectivity index (χ4v) is 1.92. The van der Waals surface area contributed by atoms with E-state index in [0.717, 1.165) is 10.4 Å². The second-order valence-corrected chi connectivity index (χ2v) is 3.97. The van der Waals surface area contributed by atoms with Gasteiger partial charge in [0.1, 0.15) is 6.04 Å². The van der Waals surface area contributed by atoms with E-state index < -0.39 is 12.0 Å². The number of aromatic nitrogens is 4. The van der Waals surface area contributed by atoms with Crippen LogP contribution >= 0.6 is 11.3 Å². The van der Waals surface area contributed by atoms with Gasteiger partial charge in [-0.25, -0.2) is 0 Å². The molecule has 0 fully saturated rings. The number of carbonyl (C=O) groups is 1. The highest BCUT2D eigenvalue weighted by atomic mass is 32.1. The first kappa shape index (κ1) is 10.7. The molecule has 6 nitrogen and oxygen atoms in total. The number of carboxylic acid groups (broad SMARTS) is 1. The van der Waals surface area contributed by atoms with Crippen molar-refractivity contribution in [1.29, 1.82) is 0 Å². The van der Waals surface area contributed by atoms with Gasteiger partial charge in [-0.3, -0.25) is 0 Å². The van der Waals surface area contributed by atoms with Crippen LogP contribution in [0.4, 0.5) is 0 Å². The van der Waals surface area contributed by atoms with Crippen molar-refractivity contribution in [3.8, 4) is 11.4 Å². The molecule has 2 aromatic rings. The van der Waals surface area contributed by atoms with Crippen LogP contribution in [0.5, 0.6) is 0 Å². The molecule has 2 heterocycles. The molecule has 0 N–H and O–H groups in total. The summed E-state index contributed by atoms with van der Waals surface area (Å²) in [6.07, 6.45) is 0.363. The van der Waals surface area contributed by atoms with Gasteiger partial charge in [0.2, 0.25) is 5.82 Å². The molecule has 0 bridgehead atoms. The van der Waals surface area contributed by atoms with E-state index in [1.165, 1.54) is 11.3 Å². The summed E-state index contributed by atoms with van der Waals surface area (Å²) in [5.41, 5.74) is 0.837. The van der Waals surface area contributed by atoms with Gasteiger partial charge >= 0.3 is 0 Å². The molecule has 0 aromatic carbocycles. The number of tetrazole rings is 1. The zero-order valence-electron chi connectivity index (χ0n) is 8.53. The topological polar surface area (TPSA) is 83.7 Å². The summed E-state index contributed by atoms with van der Waals surface area (Å²) >= 11 is 1.52. The fourth-order valence-electron chi connectivity index (χ4n) is 1.29. The molecule has 2 rings (SSSR count). The number of hydrogen-bond donors (Lipinski definition) is 0. The van der Waals surface area contributed by atoms with E-state index in [2.05, 4.69) is 15.4 Å². The van der Waals surface area contributed by atoms with Gasteiger partial charge in [-0.1, -0.05) is 6.92 Å². The standard InChI is InChI=1S/C9H10N4O2S/c1-2-7(9(14)15)13-11-8(10-12-13)6-3-4-16-5-6/h3-5,7H,2H2,1H3,(H,14,15)/p-1/t7-/m0/s1. The monoisotopic (exact) mass is 237 g/mol. The molecule has 16 heavy (non-hydrogen) atoms. The predicted octanol–water partition coefficient (Wildman–Crippen LogP) is 0.103. The molecule has 0 radical (unpaired) electrons. The van der Waals surface area contributed by atoms with E-state index in [4.69, 9.17) is 0 Å². The molecule has 1 atom stereocenters. The molecule has 0 saturated carbocycles. The average molecular weight is 237 g/mol. The summed E-state index contributed by atoms with van der Waals surface area (Å²) < 4.78 is 0. The van der Waals surface area contributed by atoms with Crippen molar-refractivity contribution in [2.24, 2.45) is 0 Å². The fraction of sp³-hybridized carbons (Fsp3) is 0.333. The number of carboxylic acids is 1. The number of carbonyl (C=O) groups excluding carboxylic acids is 1. The Labute approximate surface area is 95.5 Å². The zero-order valence-corrected chi connectivity index (χ0v) is 9.35. The zero-order chi connectivity index (χ0) is 11.5. The van der Waals surface area contributed by atoms with Gasteiger partial charge in [0.15, 0.2) is 0 Å². The van der Waals surface area contributed by atoms with Gasteiger partial charge < -0.3 is 9.90 Å². The van der Waals surface area contributed by atoms with Crippen LogP contribution in [-0.4, -0.2) is 26.2 Å². The Hall–Kier alpha value is -1.76. The summed E-state index contributed by atoms with van der Waals surface area (Å²) in [5, 5.41) is 26.1. The van der Waals surface area contributed by atoms with Crippen molar-refractivity contribution in [2.45, 2.75) is 19.4 Å². The highest BCUT2D eigenvalue weighted by Crippen LogP contribution is 2.17. The number of hydrogen-bond acceptors (Lipinski definition) is 6. The Balaban J connectivity index is 2.29. The predicted molar refractivity (Wildman–Crippen MR) is 55.5 cm³/mol. The van der Waals surface area contributed by atoms with Crippen molar-refractivity contribution in [2.75, 3.05) is 0 Å². The Bertz CT molecular complexity index is 479. The first-order valence-electron chi connectivity index (χ1n) is 4.75. The highest BCUT2D eigenvalue weighted by molar-refractivity contribution is 7.08. The average Bonchev–Trinajstić information content (AvgIpc) is 2.86. The maximum absolute atomic E-state index is 10.8. The van der Waals surface area contributed by atoms with E-state index in [1.54, 1.807) is 6.92 Å². The molecule has 0 unspecified atom stereocenters. The molecule has 0 spiro atoms. The normalized spacial score (nSPS) is 12.6. The van der Waals surface area contributed by atoms with Gasteiger partial charge in [-0.05, 0) is 23.1 Å². The number of nitrogens with zero attached hydrogens (tertiary/aromatic N) is 4. The molecule has 0 aliphatic carbocycles. The van der Waals surface area contributed by atoms with Crippen LogP contribution in [0.15, 0.2) is 16.8 Å². The lowest BCUT2D eigenvalue weighted by Gasteiger charge is -2.13. The van der Waals surface area contributed by atoms with E-state index >= 15 is 0 Å². The number of rotatable bonds is 4. The van der Waals surface area contributed by atoms with Gasteiger partial charge in [0.25, 0.3) is 0 Å². The molecule has 7 heteroatoms. The Morgan fingerprint density at radius 2 is 2.50 bits per heavy atom. The third-order valence-corrected chi connectivity index (χ3v) is 2.83. The summed E-state index contributed by atoms with van der Waals surface area (Å²) in [4.78, 5) is 11.9. The van der Waals surface area contributed by atoms with Crippen molar-refractivity contribution >= 4 is 17.3 Å². The Morgan fingerprint density at radius 3 is 3.06 bits per heavy atom. The Kier molecular flexibility index (Phi) is 2.95. The lowest BCUT2D eigenvalue weighted by molar-refractivity contribution is -0.311. The van der Waals surface area contributed by atoms with Crippen molar-refractivity contribution in [3.05, 3.63) is 16.8 Å². The van der Waals surface area contributed by atoms with Gasteiger partial charge in [-0.2, -0.15) is 16.1 Å². The van der Waals surface area contributed by atoms with Crippen LogP contribution in [0.1, 0.15) is 19.4 Å². The van der Waals surface area contributed by atoms with Crippen molar-refractivity contribution in [3.63, 3.8) is 0 Å². The van der Waals surface area contributed by atoms with E-state index in [9.17, 15) is 9.90 Å². The first-order chi connectivity index (χ1) is 7.72. The maximum atomic E-state index is 10.8. The summed E-state index contributed by atoms with van der Waals surface area (Å²) in [6, 6.07) is 0.992. The lowest BCUT2D eigenvalue weighted by Crippen LogP contribution is -2.34. The van der Waals surface area contributed by atoms with Crippen molar-refractivity contribution in [1.82, 2.24) is 20.2 Å².